The molecule has 0 unspecified atom stereocenters. The van der Waals surface area contributed by atoms with Gasteiger partial charge in [0.25, 0.3) is 0 Å². The second kappa shape index (κ2) is 8.46. The molecule has 1 aliphatic rings. The molecule has 0 bridgehead atoms. The molecule has 1 fully saturated rings. The first-order chi connectivity index (χ1) is 14.0. The first-order valence-corrected chi connectivity index (χ1v) is 10.7. The Balaban J connectivity index is 1.45. The summed E-state index contributed by atoms with van der Waals surface area (Å²) in [4.78, 5) is 0. The first kappa shape index (κ1) is 19.8. The second-order valence-corrected chi connectivity index (χ2v) is 8.84. The summed E-state index contributed by atoms with van der Waals surface area (Å²) in [5, 5.41) is 2.30. The molecule has 0 aromatic heterocycles. The van der Waals surface area contributed by atoms with Crippen molar-refractivity contribution in [3.8, 4) is 17.2 Å². The Labute approximate surface area is 173 Å². The highest BCUT2D eigenvalue weighted by atomic mass is 16.5. The monoisotopic (exact) mass is 389 g/mol. The van der Waals surface area contributed by atoms with Crippen molar-refractivity contribution in [2.75, 3.05) is 6.61 Å². The van der Waals surface area contributed by atoms with Crippen LogP contribution in [0.1, 0.15) is 51.5 Å². The number of nitrogens with two attached hydrogens (primary N) is 1. The minimum Gasteiger partial charge on any atom is -0.493 e. The lowest BCUT2D eigenvalue weighted by molar-refractivity contribution is 0.208. The lowest BCUT2D eigenvalue weighted by atomic mass is 9.90. The molecule has 0 heterocycles. The van der Waals surface area contributed by atoms with Crippen molar-refractivity contribution in [3.63, 3.8) is 0 Å². The molecule has 2 N–H and O–H groups in total. The van der Waals surface area contributed by atoms with E-state index in [1.165, 1.54) is 32.1 Å². The predicted octanol–water partition coefficient (Wildman–Crippen LogP) is 6.79. The lowest BCUT2D eigenvalue weighted by Gasteiger charge is -2.21. The van der Waals surface area contributed by atoms with Crippen LogP contribution in [0, 0.1) is 5.92 Å². The van der Waals surface area contributed by atoms with E-state index in [1.54, 1.807) is 0 Å². The molecule has 4 rings (SSSR count). The Morgan fingerprint density at radius 2 is 1.52 bits per heavy atom. The SMILES string of the molecule is CC(C)(N)c1ccc2cc(Oc3cccc(OCC4CCCCC4)c3)ccc2c1. The van der Waals surface area contributed by atoms with E-state index in [0.717, 1.165) is 40.2 Å². The highest BCUT2D eigenvalue weighted by Gasteiger charge is 2.15. The molecule has 3 nitrogen and oxygen atoms in total. The Morgan fingerprint density at radius 1 is 0.828 bits per heavy atom. The smallest absolute Gasteiger partial charge is 0.131 e. The normalized spacial score (nSPS) is 15.4. The number of benzene rings is 3. The summed E-state index contributed by atoms with van der Waals surface area (Å²) in [7, 11) is 0. The molecule has 0 saturated heterocycles. The zero-order chi connectivity index (χ0) is 20.3. The molecule has 3 aromatic rings. The summed E-state index contributed by atoms with van der Waals surface area (Å²) in [5.41, 5.74) is 7.01. The number of ether oxygens (including phenoxy) is 2. The fourth-order valence-corrected chi connectivity index (χ4v) is 4.02. The van der Waals surface area contributed by atoms with Crippen molar-refractivity contribution >= 4 is 10.8 Å². The molecule has 0 radical (unpaired) electrons. The molecule has 1 aliphatic carbocycles. The van der Waals surface area contributed by atoms with Crippen molar-refractivity contribution in [1.82, 2.24) is 0 Å². The molecule has 0 amide bonds. The summed E-state index contributed by atoms with van der Waals surface area (Å²) in [5.74, 6) is 3.19. The molecular formula is C26H31NO2. The van der Waals surface area contributed by atoms with Gasteiger partial charge in [-0.2, -0.15) is 0 Å². The third-order valence-corrected chi connectivity index (χ3v) is 5.81. The summed E-state index contributed by atoms with van der Waals surface area (Å²) in [6, 6.07) is 20.5. The van der Waals surface area contributed by atoms with Crippen LogP contribution in [0.5, 0.6) is 17.2 Å². The highest BCUT2D eigenvalue weighted by molar-refractivity contribution is 5.84. The van der Waals surface area contributed by atoms with Gasteiger partial charge in [-0.3, -0.25) is 0 Å². The zero-order valence-electron chi connectivity index (χ0n) is 17.5. The molecule has 0 aliphatic heterocycles. The molecule has 29 heavy (non-hydrogen) atoms. The van der Waals surface area contributed by atoms with E-state index in [2.05, 4.69) is 30.3 Å². The van der Waals surface area contributed by atoms with Gasteiger partial charge in [0.15, 0.2) is 0 Å². The van der Waals surface area contributed by atoms with Gasteiger partial charge in [0.05, 0.1) is 6.61 Å². The number of hydrogen-bond donors (Lipinski definition) is 1. The van der Waals surface area contributed by atoms with E-state index in [0.29, 0.717) is 5.92 Å². The van der Waals surface area contributed by atoms with Gasteiger partial charge in [0.1, 0.15) is 17.2 Å². The van der Waals surface area contributed by atoms with Gasteiger partial charge >= 0.3 is 0 Å². The van der Waals surface area contributed by atoms with E-state index in [-0.39, 0.29) is 5.54 Å². The van der Waals surface area contributed by atoms with E-state index >= 15 is 0 Å². The van der Waals surface area contributed by atoms with Gasteiger partial charge < -0.3 is 15.2 Å². The van der Waals surface area contributed by atoms with Crippen molar-refractivity contribution in [3.05, 3.63) is 66.2 Å². The van der Waals surface area contributed by atoms with Gasteiger partial charge in [-0.05, 0) is 79.3 Å². The van der Waals surface area contributed by atoms with E-state index < -0.39 is 0 Å². The van der Waals surface area contributed by atoms with E-state index in [1.807, 2.05) is 44.2 Å². The quantitative estimate of drug-likeness (QED) is 0.505. The highest BCUT2D eigenvalue weighted by Crippen LogP contribution is 2.30. The average Bonchev–Trinajstić information content (AvgIpc) is 2.72. The fourth-order valence-electron chi connectivity index (χ4n) is 4.02. The maximum absolute atomic E-state index is 6.23. The van der Waals surface area contributed by atoms with Crippen LogP contribution in [0.25, 0.3) is 10.8 Å². The second-order valence-electron chi connectivity index (χ2n) is 8.84. The average molecular weight is 390 g/mol. The van der Waals surface area contributed by atoms with Gasteiger partial charge in [-0.25, -0.2) is 0 Å². The summed E-state index contributed by atoms with van der Waals surface area (Å²) in [6.07, 6.45) is 6.62. The molecule has 3 heteroatoms. The first-order valence-electron chi connectivity index (χ1n) is 10.7. The van der Waals surface area contributed by atoms with Gasteiger partial charge in [-0.15, -0.1) is 0 Å². The molecule has 1 saturated carbocycles. The summed E-state index contributed by atoms with van der Waals surface area (Å²) >= 11 is 0. The maximum Gasteiger partial charge on any atom is 0.131 e. The van der Waals surface area contributed by atoms with Crippen LogP contribution in [0.15, 0.2) is 60.7 Å². The summed E-state index contributed by atoms with van der Waals surface area (Å²) in [6.45, 7) is 4.85. The van der Waals surface area contributed by atoms with Crippen LogP contribution >= 0.6 is 0 Å². The maximum atomic E-state index is 6.23. The third-order valence-electron chi connectivity index (χ3n) is 5.81. The molecule has 3 aromatic carbocycles. The Kier molecular flexibility index (Phi) is 5.77. The minimum atomic E-state index is -0.346. The Morgan fingerprint density at radius 3 is 2.31 bits per heavy atom. The Hall–Kier alpha value is -2.52. The Bertz CT molecular complexity index is 968. The molecule has 152 valence electrons. The number of hydrogen-bond acceptors (Lipinski definition) is 3. The number of rotatable bonds is 6. The van der Waals surface area contributed by atoms with Gasteiger partial charge in [0, 0.05) is 11.6 Å². The number of fused-ring (bicyclic) bond motifs is 1. The largest absolute Gasteiger partial charge is 0.493 e. The zero-order valence-corrected chi connectivity index (χ0v) is 17.5. The van der Waals surface area contributed by atoms with Gasteiger partial charge in [0.2, 0.25) is 0 Å². The van der Waals surface area contributed by atoms with Gasteiger partial charge in [-0.1, -0.05) is 43.5 Å². The molecule has 0 spiro atoms. The molecule has 0 atom stereocenters. The predicted molar refractivity (Wildman–Crippen MR) is 120 cm³/mol. The third kappa shape index (κ3) is 5.10. The van der Waals surface area contributed by atoms with E-state index in [9.17, 15) is 0 Å². The fraction of sp³-hybridized carbons (Fsp3) is 0.385. The lowest BCUT2D eigenvalue weighted by Crippen LogP contribution is -2.28. The van der Waals surface area contributed by atoms with Crippen molar-refractivity contribution in [2.45, 2.75) is 51.5 Å². The van der Waals surface area contributed by atoms with Crippen LogP contribution in [0.3, 0.4) is 0 Å². The minimum absolute atomic E-state index is 0.346. The van der Waals surface area contributed by atoms with E-state index in [4.69, 9.17) is 15.2 Å². The van der Waals surface area contributed by atoms with Crippen LogP contribution in [-0.2, 0) is 5.54 Å². The van der Waals surface area contributed by atoms with Crippen LogP contribution in [0.4, 0.5) is 0 Å². The molecular weight excluding hydrogens is 358 g/mol. The van der Waals surface area contributed by atoms with Crippen LogP contribution in [-0.4, -0.2) is 6.61 Å². The van der Waals surface area contributed by atoms with Crippen LogP contribution < -0.4 is 15.2 Å². The van der Waals surface area contributed by atoms with Crippen molar-refractivity contribution < 1.29 is 9.47 Å². The van der Waals surface area contributed by atoms with Crippen LogP contribution in [0.2, 0.25) is 0 Å². The summed E-state index contributed by atoms with van der Waals surface area (Å²) < 4.78 is 12.2. The van der Waals surface area contributed by atoms with Crippen molar-refractivity contribution in [2.24, 2.45) is 11.7 Å². The topological polar surface area (TPSA) is 44.5 Å². The van der Waals surface area contributed by atoms with Crippen molar-refractivity contribution in [1.29, 1.82) is 0 Å². The standard InChI is InChI=1S/C26H31NO2/c1-26(2,27)22-13-11-21-16-25(14-12-20(21)15-22)29-24-10-6-9-23(17-24)28-18-19-7-4-3-5-8-19/h6,9-17,19H,3-5,7-8,18,27H2,1-2H3.